The summed E-state index contributed by atoms with van der Waals surface area (Å²) in [7, 11) is 1.37. The summed E-state index contributed by atoms with van der Waals surface area (Å²) in [5, 5.41) is 17.6. The zero-order valence-electron chi connectivity index (χ0n) is 15.0. The molecule has 0 saturated carbocycles. The van der Waals surface area contributed by atoms with Crippen LogP contribution in [0, 0.1) is 17.0 Å². The van der Waals surface area contributed by atoms with Crippen molar-refractivity contribution in [1.29, 1.82) is 0 Å². The first-order chi connectivity index (χ1) is 13.5. The molecule has 0 aliphatic carbocycles. The maximum Gasteiger partial charge on any atom is 0.286 e. The lowest BCUT2D eigenvalue weighted by Gasteiger charge is -2.09. The van der Waals surface area contributed by atoms with Crippen LogP contribution < -0.4 is 10.1 Å². The van der Waals surface area contributed by atoms with Crippen LogP contribution in [0.2, 0.25) is 0 Å². The molecule has 9 nitrogen and oxygen atoms in total. The van der Waals surface area contributed by atoms with Gasteiger partial charge in [-0.3, -0.25) is 14.9 Å². The molecule has 0 saturated heterocycles. The Balaban J connectivity index is 1.60. The number of amides is 1. The third kappa shape index (κ3) is 4.65. The van der Waals surface area contributed by atoms with Crippen LogP contribution in [-0.2, 0) is 4.79 Å². The lowest BCUT2D eigenvalue weighted by molar-refractivity contribution is -0.384. The lowest BCUT2D eigenvalue weighted by Crippen LogP contribution is -2.14. The van der Waals surface area contributed by atoms with Gasteiger partial charge in [0.15, 0.2) is 0 Å². The molecule has 0 radical (unpaired) electrons. The highest BCUT2D eigenvalue weighted by molar-refractivity contribution is 7.99. The highest BCUT2D eigenvalue weighted by Gasteiger charge is 2.15. The molecule has 1 N–H and O–H groups in total. The summed E-state index contributed by atoms with van der Waals surface area (Å²) in [4.78, 5) is 26.7. The number of aromatic nitrogens is 2. The highest BCUT2D eigenvalue weighted by atomic mass is 32.2. The summed E-state index contributed by atoms with van der Waals surface area (Å²) in [5.74, 6) is 0.328. The quantitative estimate of drug-likeness (QED) is 0.362. The number of carbonyl (C=O) groups excluding carboxylic acids is 1. The molecule has 1 heterocycles. The van der Waals surface area contributed by atoms with Gasteiger partial charge in [0.05, 0.1) is 29.5 Å². The number of rotatable bonds is 7. The molecule has 1 amide bonds. The van der Waals surface area contributed by atoms with Crippen molar-refractivity contribution in [2.45, 2.75) is 12.1 Å². The Morgan fingerprint density at radius 1 is 1.29 bits per heavy atom. The number of benzene rings is 2. The molecule has 0 aliphatic heterocycles. The molecule has 28 heavy (non-hydrogen) atoms. The van der Waals surface area contributed by atoms with Crippen molar-refractivity contribution in [3.05, 3.63) is 58.1 Å². The number of thioether (sulfide) groups is 1. The predicted molar refractivity (Wildman–Crippen MR) is 103 cm³/mol. The molecule has 0 fully saturated rings. The summed E-state index contributed by atoms with van der Waals surface area (Å²) in [6, 6.07) is 11.6. The van der Waals surface area contributed by atoms with Crippen LogP contribution in [0.5, 0.6) is 5.75 Å². The van der Waals surface area contributed by atoms with Crippen molar-refractivity contribution in [3.8, 4) is 17.1 Å². The van der Waals surface area contributed by atoms with E-state index in [-0.39, 0.29) is 28.3 Å². The van der Waals surface area contributed by atoms with Crippen LogP contribution in [0.3, 0.4) is 0 Å². The molecule has 0 bridgehead atoms. The second-order valence-electron chi connectivity index (χ2n) is 5.73. The van der Waals surface area contributed by atoms with Gasteiger partial charge < -0.3 is 14.6 Å². The highest BCUT2D eigenvalue weighted by Crippen LogP contribution is 2.29. The molecule has 3 rings (SSSR count). The zero-order valence-corrected chi connectivity index (χ0v) is 15.9. The predicted octanol–water partition coefficient (Wildman–Crippen LogP) is 3.69. The Morgan fingerprint density at radius 3 is 2.71 bits per heavy atom. The van der Waals surface area contributed by atoms with Gasteiger partial charge in [-0.05, 0) is 13.0 Å². The normalized spacial score (nSPS) is 10.5. The summed E-state index contributed by atoms with van der Waals surface area (Å²) < 4.78 is 10.3. The average Bonchev–Trinajstić information content (AvgIpc) is 3.16. The first-order valence-electron chi connectivity index (χ1n) is 8.12. The number of ether oxygens (including phenoxy) is 1. The fraction of sp³-hybridized carbons (Fsp3) is 0.167. The number of nitro groups is 1. The Bertz CT molecular complexity index is 1000. The Morgan fingerprint density at radius 2 is 2.04 bits per heavy atom. The van der Waals surface area contributed by atoms with Crippen molar-refractivity contribution in [3.63, 3.8) is 0 Å². The topological polar surface area (TPSA) is 120 Å². The molecule has 10 heteroatoms. The van der Waals surface area contributed by atoms with Gasteiger partial charge in [0, 0.05) is 11.6 Å². The SMILES string of the molecule is COc1cc([N+](=O)[O-])ccc1NC(=O)CSc1nc(-c2ccc(C)cc2)no1. The largest absolute Gasteiger partial charge is 0.494 e. The van der Waals surface area contributed by atoms with E-state index in [4.69, 9.17) is 9.26 Å². The van der Waals surface area contributed by atoms with Crippen LogP contribution in [0.15, 0.2) is 52.2 Å². The van der Waals surface area contributed by atoms with E-state index in [2.05, 4.69) is 15.5 Å². The number of nitrogens with one attached hydrogen (secondary N) is 1. The van der Waals surface area contributed by atoms with Crippen LogP contribution in [0.4, 0.5) is 11.4 Å². The number of anilines is 1. The van der Waals surface area contributed by atoms with E-state index < -0.39 is 4.92 Å². The Labute approximate surface area is 164 Å². The minimum absolute atomic E-state index is 0.0235. The Kier molecular flexibility index (Phi) is 5.90. The van der Waals surface area contributed by atoms with Crippen LogP contribution >= 0.6 is 11.8 Å². The fourth-order valence-electron chi connectivity index (χ4n) is 2.30. The monoisotopic (exact) mass is 400 g/mol. The fourth-order valence-corrected chi connectivity index (χ4v) is 2.87. The first kappa shape index (κ1) is 19.4. The molecule has 0 unspecified atom stereocenters. The van der Waals surface area contributed by atoms with Crippen LogP contribution in [0.1, 0.15) is 5.56 Å². The molecule has 3 aromatic rings. The zero-order chi connectivity index (χ0) is 20.1. The van der Waals surface area contributed by atoms with E-state index in [1.165, 1.54) is 25.3 Å². The van der Waals surface area contributed by atoms with Gasteiger partial charge in [-0.25, -0.2) is 0 Å². The molecule has 0 atom stereocenters. The molecule has 2 aromatic carbocycles. The average molecular weight is 400 g/mol. The standard InChI is InChI=1S/C18H16N4O5S/c1-11-3-5-12(6-4-11)17-20-18(27-21-17)28-10-16(23)19-14-8-7-13(22(24)25)9-15(14)26-2/h3-9H,10H2,1-2H3,(H,19,23). The lowest BCUT2D eigenvalue weighted by atomic mass is 10.1. The number of aryl methyl sites for hydroxylation is 1. The second-order valence-corrected chi connectivity index (χ2v) is 6.66. The van der Waals surface area contributed by atoms with Crippen LogP contribution in [0.25, 0.3) is 11.4 Å². The maximum absolute atomic E-state index is 12.2. The van der Waals surface area contributed by atoms with Crippen LogP contribution in [-0.4, -0.2) is 33.8 Å². The smallest absolute Gasteiger partial charge is 0.286 e. The van der Waals surface area contributed by atoms with E-state index >= 15 is 0 Å². The maximum atomic E-state index is 12.2. The minimum atomic E-state index is -0.537. The molecular formula is C18H16N4O5S. The van der Waals surface area contributed by atoms with Crippen molar-refractivity contribution in [2.24, 2.45) is 0 Å². The van der Waals surface area contributed by atoms with Gasteiger partial charge in [0.2, 0.25) is 11.7 Å². The van der Waals surface area contributed by atoms with E-state index in [1.54, 1.807) is 0 Å². The Hall–Kier alpha value is -3.40. The van der Waals surface area contributed by atoms with E-state index in [1.807, 2.05) is 31.2 Å². The number of hydrogen-bond donors (Lipinski definition) is 1. The van der Waals surface area contributed by atoms with Gasteiger partial charge in [-0.15, -0.1) is 0 Å². The summed E-state index contributed by atoms with van der Waals surface area (Å²) in [5.41, 5.74) is 2.16. The number of hydrogen-bond acceptors (Lipinski definition) is 8. The molecule has 144 valence electrons. The second kappa shape index (κ2) is 8.53. The van der Waals surface area contributed by atoms with Crippen molar-refractivity contribution < 1.29 is 19.0 Å². The van der Waals surface area contributed by atoms with Gasteiger partial charge >= 0.3 is 0 Å². The minimum Gasteiger partial charge on any atom is -0.494 e. The third-order valence-corrected chi connectivity index (χ3v) is 4.53. The third-order valence-electron chi connectivity index (χ3n) is 3.71. The van der Waals surface area contributed by atoms with Crippen molar-refractivity contribution in [1.82, 2.24) is 10.1 Å². The first-order valence-corrected chi connectivity index (χ1v) is 9.10. The van der Waals surface area contributed by atoms with Crippen molar-refractivity contribution >= 4 is 29.0 Å². The molecule has 0 spiro atoms. The summed E-state index contributed by atoms with van der Waals surface area (Å²) in [6.45, 7) is 1.99. The van der Waals surface area contributed by atoms with Gasteiger partial charge in [-0.1, -0.05) is 46.7 Å². The summed E-state index contributed by atoms with van der Waals surface area (Å²) in [6.07, 6.45) is 0. The summed E-state index contributed by atoms with van der Waals surface area (Å²) >= 11 is 1.09. The van der Waals surface area contributed by atoms with E-state index in [0.717, 1.165) is 22.9 Å². The number of nitrogens with zero attached hydrogens (tertiary/aromatic N) is 3. The number of methoxy groups -OCH3 is 1. The number of nitro benzene ring substituents is 1. The van der Waals surface area contributed by atoms with Crippen molar-refractivity contribution in [2.75, 3.05) is 18.2 Å². The van der Waals surface area contributed by atoms with Gasteiger partial charge in [-0.2, -0.15) is 4.98 Å². The number of carbonyl (C=O) groups is 1. The molecular weight excluding hydrogens is 384 g/mol. The van der Waals surface area contributed by atoms with Gasteiger partial charge in [0.1, 0.15) is 5.75 Å². The van der Waals surface area contributed by atoms with Gasteiger partial charge in [0.25, 0.3) is 10.9 Å². The molecule has 1 aromatic heterocycles. The number of non-ortho nitro benzene ring substituents is 1. The van der Waals surface area contributed by atoms with E-state index in [9.17, 15) is 14.9 Å². The van der Waals surface area contributed by atoms with E-state index in [0.29, 0.717) is 11.5 Å². The molecule has 0 aliphatic rings.